The summed E-state index contributed by atoms with van der Waals surface area (Å²) in [5.74, 6) is 0. The molecule has 3 nitrogen and oxygen atoms in total. The van der Waals surface area contributed by atoms with Gasteiger partial charge < -0.3 is 14.6 Å². The Kier molecular flexibility index (Phi) is 3.12. The summed E-state index contributed by atoms with van der Waals surface area (Å²) in [5.41, 5.74) is 0. The van der Waals surface area contributed by atoms with Gasteiger partial charge in [0.15, 0.2) is 6.29 Å². The molecule has 1 rings (SSSR count). The first-order valence-corrected chi connectivity index (χ1v) is 3.74. The van der Waals surface area contributed by atoms with Crippen molar-refractivity contribution in [2.24, 2.45) is 0 Å². The highest BCUT2D eigenvalue weighted by molar-refractivity contribution is 4.63. The molecule has 1 aliphatic rings. The molecule has 2 atom stereocenters. The Bertz CT molecular complexity index is 86.9. The van der Waals surface area contributed by atoms with Gasteiger partial charge in [-0.3, -0.25) is 0 Å². The van der Waals surface area contributed by atoms with Crippen LogP contribution in [0.2, 0.25) is 0 Å². The summed E-state index contributed by atoms with van der Waals surface area (Å²) in [6.45, 7) is 3.23. The summed E-state index contributed by atoms with van der Waals surface area (Å²) < 4.78 is 10.3. The maximum atomic E-state index is 8.92. The minimum atomic E-state index is -0.559. The second-order valence-corrected chi connectivity index (χ2v) is 2.44. The van der Waals surface area contributed by atoms with Gasteiger partial charge in [0.05, 0.1) is 12.7 Å². The summed E-state index contributed by atoms with van der Waals surface area (Å²) in [7, 11) is 0. The van der Waals surface area contributed by atoms with Gasteiger partial charge in [0.2, 0.25) is 0 Å². The fraction of sp³-hybridized carbons (Fsp3) is 1.00. The molecule has 0 aliphatic carbocycles. The van der Waals surface area contributed by atoms with Crippen molar-refractivity contribution in [1.82, 2.24) is 0 Å². The average molecular weight is 146 g/mol. The first-order valence-electron chi connectivity index (χ1n) is 3.74. The number of aliphatic hydroxyl groups excluding tert-OH is 1. The van der Waals surface area contributed by atoms with E-state index in [0.29, 0.717) is 13.0 Å². The maximum absolute atomic E-state index is 8.92. The molecule has 10 heavy (non-hydrogen) atoms. The average Bonchev–Trinajstić information content (AvgIpc) is 1.95. The van der Waals surface area contributed by atoms with Crippen LogP contribution >= 0.6 is 0 Å². The summed E-state index contributed by atoms with van der Waals surface area (Å²) in [6.07, 6.45) is 1.25. The third kappa shape index (κ3) is 2.25. The molecule has 1 heterocycles. The first kappa shape index (κ1) is 7.98. The number of rotatable bonds is 2. The molecule has 0 aromatic carbocycles. The highest BCUT2D eigenvalue weighted by Crippen LogP contribution is 2.13. The van der Waals surface area contributed by atoms with Gasteiger partial charge in [0.1, 0.15) is 0 Å². The van der Waals surface area contributed by atoms with E-state index in [4.69, 9.17) is 14.6 Å². The molecular formula is C7H14O3. The number of ether oxygens (including phenoxy) is 2. The molecule has 0 aromatic rings. The fourth-order valence-corrected chi connectivity index (χ4v) is 1.08. The normalized spacial score (nSPS) is 34.2. The summed E-state index contributed by atoms with van der Waals surface area (Å²) >= 11 is 0. The van der Waals surface area contributed by atoms with Crippen molar-refractivity contribution < 1.29 is 14.6 Å². The smallest absolute Gasteiger partial charge is 0.154 e. The Balaban J connectivity index is 2.13. The van der Waals surface area contributed by atoms with Crippen LogP contribution in [0, 0.1) is 0 Å². The van der Waals surface area contributed by atoms with Crippen molar-refractivity contribution in [3.63, 3.8) is 0 Å². The molecule has 1 saturated heterocycles. The molecule has 0 aromatic heterocycles. The molecule has 1 fully saturated rings. The van der Waals surface area contributed by atoms with E-state index in [9.17, 15) is 0 Å². The van der Waals surface area contributed by atoms with Crippen molar-refractivity contribution in [3.05, 3.63) is 0 Å². The molecule has 0 unspecified atom stereocenters. The van der Waals surface area contributed by atoms with E-state index in [-0.39, 0.29) is 6.10 Å². The van der Waals surface area contributed by atoms with Gasteiger partial charge in [-0.05, 0) is 13.3 Å². The molecule has 1 aliphatic heterocycles. The maximum Gasteiger partial charge on any atom is 0.154 e. The quantitative estimate of drug-likeness (QED) is 0.617. The second-order valence-electron chi connectivity index (χ2n) is 2.44. The highest BCUT2D eigenvalue weighted by Gasteiger charge is 2.19. The molecular weight excluding hydrogens is 132 g/mol. The first-order chi connectivity index (χ1) is 4.83. The standard InChI is InChI=1S/C7H14O3/c1-2-9-6-3-4-7(8)10-5-6/h6-8H,2-5H2,1H3/t6-,7-/m1/s1. The minimum absolute atomic E-state index is 0.202. The van der Waals surface area contributed by atoms with Gasteiger partial charge in [-0.25, -0.2) is 0 Å². The van der Waals surface area contributed by atoms with E-state index in [0.717, 1.165) is 13.0 Å². The summed E-state index contributed by atoms with van der Waals surface area (Å²) in [5, 5.41) is 8.92. The zero-order valence-electron chi connectivity index (χ0n) is 6.25. The van der Waals surface area contributed by atoms with Gasteiger partial charge in [-0.2, -0.15) is 0 Å². The number of hydrogen-bond donors (Lipinski definition) is 1. The van der Waals surface area contributed by atoms with Crippen LogP contribution in [-0.4, -0.2) is 30.7 Å². The van der Waals surface area contributed by atoms with Crippen LogP contribution in [0.1, 0.15) is 19.8 Å². The third-order valence-corrected chi connectivity index (χ3v) is 1.61. The van der Waals surface area contributed by atoms with Gasteiger partial charge in [-0.15, -0.1) is 0 Å². The molecule has 0 radical (unpaired) electrons. The zero-order valence-corrected chi connectivity index (χ0v) is 6.25. The van der Waals surface area contributed by atoms with Crippen LogP contribution < -0.4 is 0 Å². The summed E-state index contributed by atoms with van der Waals surface area (Å²) in [6, 6.07) is 0. The van der Waals surface area contributed by atoms with Crippen LogP contribution in [0.15, 0.2) is 0 Å². The Hall–Kier alpha value is -0.120. The lowest BCUT2D eigenvalue weighted by Gasteiger charge is -2.25. The van der Waals surface area contributed by atoms with Crippen molar-refractivity contribution in [3.8, 4) is 0 Å². The highest BCUT2D eigenvalue weighted by atomic mass is 16.6. The van der Waals surface area contributed by atoms with Crippen molar-refractivity contribution in [2.75, 3.05) is 13.2 Å². The van der Waals surface area contributed by atoms with E-state index in [1.165, 1.54) is 0 Å². The fourth-order valence-electron chi connectivity index (χ4n) is 1.08. The molecule has 0 amide bonds. The van der Waals surface area contributed by atoms with E-state index in [1.54, 1.807) is 0 Å². The monoisotopic (exact) mass is 146 g/mol. The van der Waals surface area contributed by atoms with Gasteiger partial charge in [0.25, 0.3) is 0 Å². The predicted molar refractivity (Wildman–Crippen MR) is 36.6 cm³/mol. The lowest BCUT2D eigenvalue weighted by atomic mass is 10.1. The number of aliphatic hydroxyl groups is 1. The largest absolute Gasteiger partial charge is 0.376 e. The van der Waals surface area contributed by atoms with Gasteiger partial charge in [-0.1, -0.05) is 0 Å². The molecule has 0 spiro atoms. The van der Waals surface area contributed by atoms with Crippen LogP contribution in [-0.2, 0) is 9.47 Å². The van der Waals surface area contributed by atoms with Gasteiger partial charge >= 0.3 is 0 Å². The minimum Gasteiger partial charge on any atom is -0.376 e. The van der Waals surface area contributed by atoms with E-state index in [1.807, 2.05) is 6.92 Å². The third-order valence-electron chi connectivity index (χ3n) is 1.61. The SMILES string of the molecule is CCO[C@@H]1CC[C@H](O)OC1. The molecule has 60 valence electrons. The van der Waals surface area contributed by atoms with Crippen LogP contribution in [0.3, 0.4) is 0 Å². The van der Waals surface area contributed by atoms with Gasteiger partial charge in [0, 0.05) is 13.0 Å². The van der Waals surface area contributed by atoms with E-state index < -0.39 is 6.29 Å². The topological polar surface area (TPSA) is 38.7 Å². The number of hydrogen-bond acceptors (Lipinski definition) is 3. The Morgan fingerprint density at radius 2 is 2.40 bits per heavy atom. The van der Waals surface area contributed by atoms with Crippen LogP contribution in [0.5, 0.6) is 0 Å². The van der Waals surface area contributed by atoms with Crippen LogP contribution in [0.25, 0.3) is 0 Å². The second kappa shape index (κ2) is 3.91. The lowest BCUT2D eigenvalue weighted by molar-refractivity contribution is -0.166. The predicted octanol–water partition coefficient (Wildman–Crippen LogP) is 0.520. The van der Waals surface area contributed by atoms with Crippen molar-refractivity contribution in [2.45, 2.75) is 32.2 Å². The lowest BCUT2D eigenvalue weighted by Crippen LogP contribution is -2.31. The Morgan fingerprint density at radius 3 is 2.90 bits per heavy atom. The van der Waals surface area contributed by atoms with Crippen LogP contribution in [0.4, 0.5) is 0 Å². The zero-order chi connectivity index (χ0) is 7.40. The molecule has 0 saturated carbocycles. The summed E-state index contributed by atoms with van der Waals surface area (Å²) in [4.78, 5) is 0. The Labute approximate surface area is 60.9 Å². The molecule has 0 bridgehead atoms. The van der Waals surface area contributed by atoms with E-state index in [2.05, 4.69) is 0 Å². The molecule has 1 N–H and O–H groups in total. The van der Waals surface area contributed by atoms with Crippen molar-refractivity contribution >= 4 is 0 Å². The Morgan fingerprint density at radius 1 is 1.60 bits per heavy atom. The van der Waals surface area contributed by atoms with Crippen molar-refractivity contribution in [1.29, 1.82) is 0 Å². The molecule has 3 heteroatoms. The van der Waals surface area contributed by atoms with E-state index >= 15 is 0 Å².